The summed E-state index contributed by atoms with van der Waals surface area (Å²) < 4.78 is 15.8. The lowest BCUT2D eigenvalue weighted by atomic mass is 10.1. The number of aliphatic imine (C=N–C) groups is 1. The summed E-state index contributed by atoms with van der Waals surface area (Å²) in [5.41, 5.74) is 0. The Balaban J connectivity index is 0.00000338. The lowest BCUT2D eigenvalue weighted by Crippen LogP contribution is -2.44. The Bertz CT molecular complexity index is 539. The minimum Gasteiger partial charge on any atom is -0.467 e. The molecule has 2 rings (SSSR count). The molecule has 1 aliphatic heterocycles. The minimum atomic E-state index is -0.101. The van der Waals surface area contributed by atoms with Crippen molar-refractivity contribution in [3.63, 3.8) is 0 Å². The third-order valence-corrected chi connectivity index (χ3v) is 4.03. The molecule has 1 aromatic heterocycles. The van der Waals surface area contributed by atoms with Gasteiger partial charge in [0.05, 0.1) is 39.2 Å². The van der Waals surface area contributed by atoms with Gasteiger partial charge in [-0.15, -0.1) is 24.0 Å². The number of guanidine groups is 1. The summed E-state index contributed by atoms with van der Waals surface area (Å²) in [4.78, 5) is 18.3. The van der Waals surface area contributed by atoms with Crippen LogP contribution in [0, 0.1) is 5.92 Å². The van der Waals surface area contributed by atoms with E-state index in [4.69, 9.17) is 13.9 Å². The topological polar surface area (TPSA) is 88.3 Å². The van der Waals surface area contributed by atoms with Crippen molar-refractivity contribution in [2.45, 2.75) is 13.0 Å². The van der Waals surface area contributed by atoms with Gasteiger partial charge in [0.2, 0.25) is 5.91 Å². The van der Waals surface area contributed by atoms with Gasteiger partial charge in [0, 0.05) is 33.2 Å². The van der Waals surface area contributed by atoms with Gasteiger partial charge in [-0.25, -0.2) is 0 Å². The molecule has 0 spiro atoms. The van der Waals surface area contributed by atoms with Crippen molar-refractivity contribution < 1.29 is 18.7 Å². The first kappa shape index (κ1) is 22.7. The number of furan rings is 1. The zero-order valence-electron chi connectivity index (χ0n) is 15.4. The molecule has 1 saturated heterocycles. The molecule has 1 unspecified atom stereocenters. The summed E-state index contributed by atoms with van der Waals surface area (Å²) in [6.45, 7) is 4.31. The largest absolute Gasteiger partial charge is 0.467 e. The van der Waals surface area contributed by atoms with Crippen molar-refractivity contribution in [1.82, 2.24) is 15.5 Å². The summed E-state index contributed by atoms with van der Waals surface area (Å²) in [6, 6.07) is 3.62. The molecule has 8 nitrogen and oxygen atoms in total. The van der Waals surface area contributed by atoms with Crippen LogP contribution in [0.2, 0.25) is 0 Å². The maximum Gasteiger partial charge on any atom is 0.239 e. The molecule has 1 fully saturated rings. The first-order valence-corrected chi connectivity index (χ1v) is 8.54. The van der Waals surface area contributed by atoms with E-state index in [1.165, 1.54) is 0 Å². The normalized spacial score (nSPS) is 17.1. The predicted molar refractivity (Wildman–Crippen MR) is 110 cm³/mol. The Morgan fingerprint density at radius 3 is 2.96 bits per heavy atom. The van der Waals surface area contributed by atoms with Gasteiger partial charge in [-0.3, -0.25) is 9.79 Å². The van der Waals surface area contributed by atoms with Crippen molar-refractivity contribution in [2.24, 2.45) is 10.9 Å². The Morgan fingerprint density at radius 2 is 2.27 bits per heavy atom. The molecule has 2 heterocycles. The standard InChI is InChI=1S/C17H28N4O4.HI/c1-18-17(20-11-16(22)19-10-15-4-3-7-25-15)21-6-5-14(12-21)13-24-9-8-23-2;/h3-4,7,14H,5-6,8-13H2,1-2H3,(H,18,20)(H,19,22);1H. The molecule has 1 aromatic rings. The number of nitrogens with zero attached hydrogens (tertiary/aromatic N) is 2. The zero-order chi connectivity index (χ0) is 17.9. The molecule has 0 aliphatic carbocycles. The average Bonchev–Trinajstić information content (AvgIpc) is 3.29. The van der Waals surface area contributed by atoms with Crippen LogP contribution in [0.15, 0.2) is 27.8 Å². The molecule has 0 saturated carbocycles. The van der Waals surface area contributed by atoms with Gasteiger partial charge < -0.3 is 29.4 Å². The van der Waals surface area contributed by atoms with Crippen LogP contribution in [0.25, 0.3) is 0 Å². The highest BCUT2D eigenvalue weighted by Gasteiger charge is 2.25. The van der Waals surface area contributed by atoms with Gasteiger partial charge in [0.15, 0.2) is 5.96 Å². The molecular weight excluding hydrogens is 451 g/mol. The SMILES string of the molecule is CN=C(NCC(=O)NCc1ccco1)N1CCC(COCCOC)C1.I. The van der Waals surface area contributed by atoms with E-state index in [0.29, 0.717) is 25.7 Å². The Hall–Kier alpha value is -1.33. The van der Waals surface area contributed by atoms with Crippen molar-refractivity contribution >= 4 is 35.8 Å². The lowest BCUT2D eigenvalue weighted by molar-refractivity contribution is -0.120. The molecule has 1 amide bonds. The molecule has 9 heteroatoms. The van der Waals surface area contributed by atoms with Gasteiger partial charge in [-0.2, -0.15) is 0 Å². The number of ether oxygens (including phenoxy) is 2. The number of hydrogen-bond donors (Lipinski definition) is 2. The van der Waals surface area contributed by atoms with Crippen molar-refractivity contribution in [3.05, 3.63) is 24.2 Å². The summed E-state index contributed by atoms with van der Waals surface area (Å²) in [5.74, 6) is 1.85. The third kappa shape index (κ3) is 7.92. The molecular formula is C17H29IN4O4. The highest BCUT2D eigenvalue weighted by molar-refractivity contribution is 14.0. The maximum atomic E-state index is 11.9. The molecule has 2 N–H and O–H groups in total. The number of nitrogens with one attached hydrogen (secondary N) is 2. The van der Waals surface area contributed by atoms with E-state index in [2.05, 4.69) is 20.5 Å². The highest BCUT2D eigenvalue weighted by Crippen LogP contribution is 2.16. The first-order chi connectivity index (χ1) is 12.2. The van der Waals surface area contributed by atoms with Crippen LogP contribution in [0.1, 0.15) is 12.2 Å². The molecule has 148 valence electrons. The van der Waals surface area contributed by atoms with Gasteiger partial charge in [-0.05, 0) is 18.6 Å². The van der Waals surface area contributed by atoms with Crippen LogP contribution in [0.5, 0.6) is 0 Å². The van der Waals surface area contributed by atoms with Crippen LogP contribution in [-0.4, -0.2) is 70.4 Å². The summed E-state index contributed by atoms with van der Waals surface area (Å²) >= 11 is 0. The second-order valence-electron chi connectivity index (χ2n) is 5.93. The smallest absolute Gasteiger partial charge is 0.239 e. The number of halogens is 1. The van der Waals surface area contributed by atoms with Crippen LogP contribution >= 0.6 is 24.0 Å². The lowest BCUT2D eigenvalue weighted by Gasteiger charge is -2.21. The van der Waals surface area contributed by atoms with E-state index in [0.717, 1.165) is 37.8 Å². The fourth-order valence-electron chi connectivity index (χ4n) is 2.71. The number of amides is 1. The maximum absolute atomic E-state index is 11.9. The van der Waals surface area contributed by atoms with E-state index >= 15 is 0 Å². The summed E-state index contributed by atoms with van der Waals surface area (Å²) in [5, 5.41) is 5.91. The van der Waals surface area contributed by atoms with Crippen LogP contribution < -0.4 is 10.6 Å². The van der Waals surface area contributed by atoms with Crippen LogP contribution in [0.4, 0.5) is 0 Å². The molecule has 1 atom stereocenters. The van der Waals surface area contributed by atoms with E-state index in [-0.39, 0.29) is 36.4 Å². The Kier molecular flexibility index (Phi) is 11.3. The van der Waals surface area contributed by atoms with Crippen LogP contribution in [0.3, 0.4) is 0 Å². The Morgan fingerprint density at radius 1 is 1.42 bits per heavy atom. The second kappa shape index (κ2) is 12.9. The number of carbonyl (C=O) groups excluding carboxylic acids is 1. The molecule has 0 bridgehead atoms. The fourth-order valence-corrected chi connectivity index (χ4v) is 2.71. The van der Waals surface area contributed by atoms with E-state index in [9.17, 15) is 4.79 Å². The number of carbonyl (C=O) groups is 1. The Labute approximate surface area is 171 Å². The summed E-state index contributed by atoms with van der Waals surface area (Å²) in [7, 11) is 3.40. The first-order valence-electron chi connectivity index (χ1n) is 8.54. The minimum absolute atomic E-state index is 0. The summed E-state index contributed by atoms with van der Waals surface area (Å²) in [6.07, 6.45) is 2.64. The van der Waals surface area contributed by atoms with Crippen molar-refractivity contribution in [2.75, 3.05) is 53.6 Å². The predicted octanol–water partition coefficient (Wildman–Crippen LogP) is 1.07. The van der Waals surface area contributed by atoms with Gasteiger partial charge in [0.1, 0.15) is 5.76 Å². The number of likely N-dealkylation sites (tertiary alicyclic amines) is 1. The van der Waals surface area contributed by atoms with E-state index in [1.54, 1.807) is 26.5 Å². The van der Waals surface area contributed by atoms with Gasteiger partial charge >= 0.3 is 0 Å². The molecule has 0 radical (unpaired) electrons. The van der Waals surface area contributed by atoms with Crippen molar-refractivity contribution in [1.29, 1.82) is 0 Å². The van der Waals surface area contributed by atoms with E-state index < -0.39 is 0 Å². The highest BCUT2D eigenvalue weighted by atomic mass is 127. The number of rotatable bonds is 9. The second-order valence-corrected chi connectivity index (χ2v) is 5.93. The van der Waals surface area contributed by atoms with Gasteiger partial charge in [0.25, 0.3) is 0 Å². The molecule has 1 aliphatic rings. The fraction of sp³-hybridized carbons (Fsp3) is 0.647. The average molecular weight is 480 g/mol. The van der Waals surface area contributed by atoms with Crippen molar-refractivity contribution in [3.8, 4) is 0 Å². The third-order valence-electron chi connectivity index (χ3n) is 4.03. The number of methoxy groups -OCH3 is 1. The quantitative estimate of drug-likeness (QED) is 0.238. The molecule has 0 aromatic carbocycles. The zero-order valence-corrected chi connectivity index (χ0v) is 17.7. The van der Waals surface area contributed by atoms with E-state index in [1.807, 2.05) is 6.07 Å². The van der Waals surface area contributed by atoms with Crippen LogP contribution in [-0.2, 0) is 20.8 Å². The molecule has 26 heavy (non-hydrogen) atoms. The monoisotopic (exact) mass is 480 g/mol. The van der Waals surface area contributed by atoms with Gasteiger partial charge in [-0.1, -0.05) is 0 Å². The number of hydrogen-bond acceptors (Lipinski definition) is 5.